The van der Waals surface area contributed by atoms with E-state index in [-0.39, 0.29) is 18.6 Å². The van der Waals surface area contributed by atoms with Crippen LogP contribution >= 0.6 is 11.6 Å². The summed E-state index contributed by atoms with van der Waals surface area (Å²) in [5, 5.41) is 12.7. The molecule has 6 heteroatoms. The summed E-state index contributed by atoms with van der Waals surface area (Å²) in [6, 6.07) is 3.21. The summed E-state index contributed by atoms with van der Waals surface area (Å²) in [6.07, 6.45) is 2.74. The molecule has 1 unspecified atom stereocenters. The predicted molar refractivity (Wildman–Crippen MR) is 79.2 cm³/mol. The maximum absolute atomic E-state index is 12.5. The normalized spacial score (nSPS) is 18.4. The van der Waals surface area contributed by atoms with Crippen molar-refractivity contribution >= 4 is 23.3 Å². The van der Waals surface area contributed by atoms with E-state index in [1.165, 1.54) is 0 Å². The summed E-state index contributed by atoms with van der Waals surface area (Å²) in [4.78, 5) is 18.4. The topological polar surface area (TPSA) is 65.5 Å². The van der Waals surface area contributed by atoms with Gasteiger partial charge >= 0.3 is 0 Å². The van der Waals surface area contributed by atoms with Crippen molar-refractivity contribution in [3.8, 4) is 0 Å². The third-order valence-electron chi connectivity index (χ3n) is 3.45. The van der Waals surface area contributed by atoms with Gasteiger partial charge in [-0.15, -0.1) is 0 Å². The molecule has 1 aromatic heterocycles. The van der Waals surface area contributed by atoms with Crippen molar-refractivity contribution in [3.63, 3.8) is 0 Å². The molecule has 0 spiro atoms. The Balaban J connectivity index is 2.18. The minimum atomic E-state index is -0.0922. The molecule has 2 N–H and O–H groups in total. The van der Waals surface area contributed by atoms with Crippen LogP contribution in [0.4, 0.5) is 5.82 Å². The summed E-state index contributed by atoms with van der Waals surface area (Å²) in [6.45, 7) is 3.52. The summed E-state index contributed by atoms with van der Waals surface area (Å²) < 4.78 is 0. The number of aliphatic hydroxyl groups is 1. The highest BCUT2D eigenvalue weighted by atomic mass is 35.5. The molecule has 0 saturated carbocycles. The van der Waals surface area contributed by atoms with Gasteiger partial charge in [0.05, 0.1) is 12.6 Å². The average molecular weight is 298 g/mol. The average Bonchev–Trinajstić information content (AvgIpc) is 2.92. The third-order valence-corrected chi connectivity index (χ3v) is 3.64. The van der Waals surface area contributed by atoms with Crippen molar-refractivity contribution in [1.29, 1.82) is 0 Å². The summed E-state index contributed by atoms with van der Waals surface area (Å²) in [5.41, 5.74) is 0.518. The van der Waals surface area contributed by atoms with Gasteiger partial charge in [0.25, 0.3) is 5.91 Å². The molecule has 1 atom stereocenters. The Hall–Kier alpha value is -1.33. The van der Waals surface area contributed by atoms with Gasteiger partial charge in [-0.2, -0.15) is 0 Å². The zero-order chi connectivity index (χ0) is 14.5. The van der Waals surface area contributed by atoms with Crippen LogP contribution in [0, 0.1) is 0 Å². The van der Waals surface area contributed by atoms with Gasteiger partial charge in [-0.05, 0) is 31.4 Å². The van der Waals surface area contributed by atoms with Gasteiger partial charge < -0.3 is 15.3 Å². The van der Waals surface area contributed by atoms with E-state index in [4.69, 9.17) is 11.6 Å². The van der Waals surface area contributed by atoms with Crippen LogP contribution in [0.1, 0.15) is 36.5 Å². The molecule has 1 aliphatic rings. The molecule has 2 rings (SSSR count). The SMILES string of the molecule is CCCNc1cc(C(=O)N2CCCC2CO)cc(Cl)n1. The summed E-state index contributed by atoms with van der Waals surface area (Å²) in [7, 11) is 0. The number of amides is 1. The lowest BCUT2D eigenvalue weighted by molar-refractivity contribution is 0.0677. The number of pyridine rings is 1. The van der Waals surface area contributed by atoms with Crippen molar-refractivity contribution in [2.75, 3.05) is 25.0 Å². The number of nitrogens with one attached hydrogen (secondary N) is 1. The number of aromatic nitrogens is 1. The lowest BCUT2D eigenvalue weighted by Gasteiger charge is -2.23. The van der Waals surface area contributed by atoms with E-state index in [2.05, 4.69) is 17.2 Å². The maximum Gasteiger partial charge on any atom is 0.254 e. The Bertz CT molecular complexity index is 481. The Morgan fingerprint density at radius 1 is 1.60 bits per heavy atom. The van der Waals surface area contributed by atoms with E-state index < -0.39 is 0 Å². The molecule has 5 nitrogen and oxygen atoms in total. The number of carbonyl (C=O) groups is 1. The molecular formula is C14H20ClN3O2. The number of aliphatic hydroxyl groups excluding tert-OH is 1. The van der Waals surface area contributed by atoms with Gasteiger partial charge in [0, 0.05) is 18.7 Å². The number of anilines is 1. The number of rotatable bonds is 5. The second-order valence-electron chi connectivity index (χ2n) is 4.97. The van der Waals surface area contributed by atoms with E-state index in [0.717, 1.165) is 25.8 Å². The lowest BCUT2D eigenvalue weighted by atomic mass is 10.2. The van der Waals surface area contributed by atoms with Crippen LogP contribution in [-0.4, -0.2) is 46.6 Å². The molecule has 110 valence electrons. The first kappa shape index (κ1) is 15.1. The highest BCUT2D eigenvalue weighted by molar-refractivity contribution is 6.29. The summed E-state index contributed by atoms with van der Waals surface area (Å²) >= 11 is 5.98. The Morgan fingerprint density at radius 3 is 3.10 bits per heavy atom. The Labute approximate surface area is 123 Å². The predicted octanol–water partition coefficient (Wildman–Crippen LogP) is 2.15. The van der Waals surface area contributed by atoms with Gasteiger partial charge in [-0.3, -0.25) is 4.79 Å². The summed E-state index contributed by atoms with van der Waals surface area (Å²) in [5.74, 6) is 0.521. The van der Waals surface area contributed by atoms with E-state index in [1.807, 2.05) is 0 Å². The molecule has 1 fully saturated rings. The quantitative estimate of drug-likeness (QED) is 0.817. The Kier molecular flexibility index (Phi) is 5.20. The van der Waals surface area contributed by atoms with E-state index in [9.17, 15) is 9.90 Å². The highest BCUT2D eigenvalue weighted by Crippen LogP contribution is 2.22. The van der Waals surface area contributed by atoms with Crippen LogP contribution in [-0.2, 0) is 0 Å². The fraction of sp³-hybridized carbons (Fsp3) is 0.571. The molecule has 0 aliphatic carbocycles. The fourth-order valence-corrected chi connectivity index (χ4v) is 2.63. The van der Waals surface area contributed by atoms with Crippen LogP contribution < -0.4 is 5.32 Å². The molecule has 1 amide bonds. The molecule has 0 radical (unpaired) electrons. The molecular weight excluding hydrogens is 278 g/mol. The number of hydrogen-bond donors (Lipinski definition) is 2. The van der Waals surface area contributed by atoms with Crippen LogP contribution in [0.2, 0.25) is 5.15 Å². The van der Waals surface area contributed by atoms with Crippen LogP contribution in [0.25, 0.3) is 0 Å². The van der Waals surface area contributed by atoms with E-state index >= 15 is 0 Å². The standard InChI is InChI=1S/C14H20ClN3O2/c1-2-5-16-13-8-10(7-12(15)17-13)14(20)18-6-3-4-11(18)9-19/h7-8,11,19H,2-6,9H2,1H3,(H,16,17). The van der Waals surface area contributed by atoms with Gasteiger partial charge in [-0.25, -0.2) is 4.98 Å². The van der Waals surface area contributed by atoms with Crippen LogP contribution in [0.5, 0.6) is 0 Å². The largest absolute Gasteiger partial charge is 0.394 e. The van der Waals surface area contributed by atoms with Crippen molar-refractivity contribution in [3.05, 3.63) is 22.8 Å². The fourth-order valence-electron chi connectivity index (χ4n) is 2.42. The van der Waals surface area contributed by atoms with Crippen LogP contribution in [0.3, 0.4) is 0 Å². The van der Waals surface area contributed by atoms with Gasteiger partial charge in [0.1, 0.15) is 11.0 Å². The zero-order valence-corrected chi connectivity index (χ0v) is 12.4. The van der Waals surface area contributed by atoms with Gasteiger partial charge in [-0.1, -0.05) is 18.5 Å². The number of halogens is 1. The molecule has 0 aromatic carbocycles. The first-order valence-electron chi connectivity index (χ1n) is 6.99. The third kappa shape index (κ3) is 3.41. The molecule has 1 saturated heterocycles. The van der Waals surface area contributed by atoms with Gasteiger partial charge in [0.15, 0.2) is 0 Å². The van der Waals surface area contributed by atoms with E-state index in [1.54, 1.807) is 17.0 Å². The number of carbonyl (C=O) groups excluding carboxylic acids is 1. The number of nitrogens with zero attached hydrogens (tertiary/aromatic N) is 2. The van der Waals surface area contributed by atoms with Crippen molar-refractivity contribution in [2.45, 2.75) is 32.2 Å². The van der Waals surface area contributed by atoms with Gasteiger partial charge in [0.2, 0.25) is 0 Å². The monoisotopic (exact) mass is 297 g/mol. The first-order chi connectivity index (χ1) is 9.65. The second kappa shape index (κ2) is 6.90. The zero-order valence-electron chi connectivity index (χ0n) is 11.6. The van der Waals surface area contributed by atoms with E-state index in [0.29, 0.717) is 23.1 Å². The van der Waals surface area contributed by atoms with Crippen molar-refractivity contribution in [1.82, 2.24) is 9.88 Å². The molecule has 1 aliphatic heterocycles. The minimum absolute atomic E-state index is 0.00545. The van der Waals surface area contributed by atoms with Crippen LogP contribution in [0.15, 0.2) is 12.1 Å². The Morgan fingerprint density at radius 2 is 2.40 bits per heavy atom. The number of likely N-dealkylation sites (tertiary alicyclic amines) is 1. The molecule has 2 heterocycles. The maximum atomic E-state index is 12.5. The van der Waals surface area contributed by atoms with Crippen molar-refractivity contribution < 1.29 is 9.90 Å². The molecule has 20 heavy (non-hydrogen) atoms. The molecule has 0 bridgehead atoms. The molecule has 1 aromatic rings. The second-order valence-corrected chi connectivity index (χ2v) is 5.35. The highest BCUT2D eigenvalue weighted by Gasteiger charge is 2.29. The van der Waals surface area contributed by atoms with Crippen molar-refractivity contribution in [2.24, 2.45) is 0 Å². The minimum Gasteiger partial charge on any atom is -0.394 e. The number of hydrogen-bond acceptors (Lipinski definition) is 4. The lowest BCUT2D eigenvalue weighted by Crippen LogP contribution is -2.37. The smallest absolute Gasteiger partial charge is 0.254 e. The first-order valence-corrected chi connectivity index (χ1v) is 7.36.